The molecule has 0 aliphatic rings. The first-order chi connectivity index (χ1) is 12.3. The second kappa shape index (κ2) is 22.0. The molecular formula is C22H43ClO2. The summed E-state index contributed by atoms with van der Waals surface area (Å²) in [6.45, 7) is 6.08. The quantitative estimate of drug-likeness (QED) is 0.0942. The fraction of sp³-hybridized carbons (Fsp3) is 0.909. The van der Waals surface area contributed by atoms with Gasteiger partial charge in [-0.05, 0) is 44.9 Å². The summed E-state index contributed by atoms with van der Waals surface area (Å²) in [4.78, 5) is 0. The highest BCUT2D eigenvalue weighted by Gasteiger charge is 2.08. The Balaban J connectivity index is 3.49. The van der Waals surface area contributed by atoms with Crippen LogP contribution in [0.25, 0.3) is 0 Å². The van der Waals surface area contributed by atoms with Gasteiger partial charge in [-0.1, -0.05) is 70.9 Å². The van der Waals surface area contributed by atoms with Crippen molar-refractivity contribution >= 4 is 11.6 Å². The largest absolute Gasteiger partial charge is 0.353 e. The Morgan fingerprint density at radius 2 is 1.20 bits per heavy atom. The molecule has 0 aromatic rings. The van der Waals surface area contributed by atoms with Crippen molar-refractivity contribution in [3.8, 4) is 0 Å². The highest BCUT2D eigenvalue weighted by molar-refractivity contribution is 6.17. The molecule has 0 aromatic carbocycles. The van der Waals surface area contributed by atoms with E-state index in [4.69, 9.17) is 21.1 Å². The number of hydrogen-bond acceptors (Lipinski definition) is 2. The zero-order valence-corrected chi connectivity index (χ0v) is 17.7. The van der Waals surface area contributed by atoms with Gasteiger partial charge in [-0.2, -0.15) is 0 Å². The summed E-state index contributed by atoms with van der Waals surface area (Å²) >= 11 is 5.64. The van der Waals surface area contributed by atoms with Crippen LogP contribution in [0.2, 0.25) is 0 Å². The van der Waals surface area contributed by atoms with Crippen molar-refractivity contribution in [2.75, 3.05) is 19.1 Å². The van der Waals surface area contributed by atoms with Crippen molar-refractivity contribution in [1.82, 2.24) is 0 Å². The van der Waals surface area contributed by atoms with Crippen LogP contribution in [0.4, 0.5) is 0 Å². The van der Waals surface area contributed by atoms with Crippen molar-refractivity contribution in [2.24, 2.45) is 0 Å². The Morgan fingerprint density at radius 1 is 0.680 bits per heavy atom. The molecule has 0 aliphatic heterocycles. The van der Waals surface area contributed by atoms with Crippen molar-refractivity contribution < 1.29 is 9.47 Å². The number of unbranched alkanes of at least 4 members (excludes halogenated alkanes) is 9. The molecule has 0 rings (SSSR count). The number of ether oxygens (including phenoxy) is 2. The molecule has 0 amide bonds. The van der Waals surface area contributed by atoms with Crippen LogP contribution >= 0.6 is 11.6 Å². The lowest BCUT2D eigenvalue weighted by molar-refractivity contribution is -0.147. The summed E-state index contributed by atoms with van der Waals surface area (Å²) in [7, 11) is 0. The molecule has 150 valence electrons. The molecule has 0 bridgehead atoms. The standard InChI is InChI=1S/C22H43ClO2/c1-3-5-20-24-22(25-21-6-4-2)18-16-14-12-10-8-7-9-11-13-15-17-19-23/h13,15,22H,3-12,14,16-21H2,1-2H3/b15-13+. The maximum absolute atomic E-state index is 5.89. The van der Waals surface area contributed by atoms with Gasteiger partial charge in [-0.3, -0.25) is 0 Å². The molecule has 0 atom stereocenters. The van der Waals surface area contributed by atoms with E-state index in [2.05, 4.69) is 26.0 Å². The minimum Gasteiger partial charge on any atom is -0.353 e. The van der Waals surface area contributed by atoms with Gasteiger partial charge < -0.3 is 9.47 Å². The van der Waals surface area contributed by atoms with Crippen molar-refractivity contribution in [1.29, 1.82) is 0 Å². The van der Waals surface area contributed by atoms with Gasteiger partial charge >= 0.3 is 0 Å². The van der Waals surface area contributed by atoms with Gasteiger partial charge in [0.15, 0.2) is 6.29 Å². The second-order valence-corrected chi connectivity index (χ2v) is 7.26. The van der Waals surface area contributed by atoms with Crippen LogP contribution in [0.1, 0.15) is 104 Å². The molecule has 0 saturated carbocycles. The summed E-state index contributed by atoms with van der Waals surface area (Å²) in [5.74, 6) is 0.741. The first-order valence-electron chi connectivity index (χ1n) is 10.8. The zero-order valence-electron chi connectivity index (χ0n) is 16.9. The van der Waals surface area contributed by atoms with Gasteiger partial charge in [0.1, 0.15) is 0 Å². The highest BCUT2D eigenvalue weighted by atomic mass is 35.5. The van der Waals surface area contributed by atoms with Crippen LogP contribution in [0, 0.1) is 0 Å². The number of hydrogen-bond donors (Lipinski definition) is 0. The van der Waals surface area contributed by atoms with Crippen molar-refractivity contribution in [2.45, 2.75) is 110 Å². The monoisotopic (exact) mass is 374 g/mol. The third kappa shape index (κ3) is 20.1. The molecule has 0 unspecified atom stereocenters. The average molecular weight is 375 g/mol. The third-order valence-electron chi connectivity index (χ3n) is 4.36. The zero-order chi connectivity index (χ0) is 18.4. The van der Waals surface area contributed by atoms with E-state index in [1.54, 1.807) is 0 Å². The number of halogens is 1. The van der Waals surface area contributed by atoms with Crippen LogP contribution < -0.4 is 0 Å². The Labute approximate surface area is 162 Å². The summed E-state index contributed by atoms with van der Waals surface area (Å²) in [5.41, 5.74) is 0. The molecule has 0 saturated heterocycles. The molecule has 3 heteroatoms. The molecule has 25 heavy (non-hydrogen) atoms. The van der Waals surface area contributed by atoms with Gasteiger partial charge in [0, 0.05) is 19.1 Å². The van der Waals surface area contributed by atoms with E-state index in [1.807, 2.05) is 0 Å². The smallest absolute Gasteiger partial charge is 0.157 e. The highest BCUT2D eigenvalue weighted by Crippen LogP contribution is 2.13. The predicted octanol–water partition coefficient (Wildman–Crippen LogP) is 7.64. The average Bonchev–Trinajstić information content (AvgIpc) is 2.62. The van der Waals surface area contributed by atoms with Crippen LogP contribution in [0.5, 0.6) is 0 Å². The molecule has 0 spiro atoms. The lowest BCUT2D eigenvalue weighted by Crippen LogP contribution is -2.18. The van der Waals surface area contributed by atoms with E-state index in [9.17, 15) is 0 Å². The second-order valence-electron chi connectivity index (χ2n) is 6.88. The molecule has 2 nitrogen and oxygen atoms in total. The van der Waals surface area contributed by atoms with Crippen LogP contribution in [0.15, 0.2) is 12.2 Å². The molecule has 0 N–H and O–H groups in total. The van der Waals surface area contributed by atoms with E-state index in [0.717, 1.165) is 44.8 Å². The Kier molecular flexibility index (Phi) is 21.9. The van der Waals surface area contributed by atoms with E-state index >= 15 is 0 Å². The first-order valence-corrected chi connectivity index (χ1v) is 11.3. The third-order valence-corrected chi connectivity index (χ3v) is 4.57. The maximum Gasteiger partial charge on any atom is 0.157 e. The Hall–Kier alpha value is -0.0500. The van der Waals surface area contributed by atoms with Crippen LogP contribution in [0.3, 0.4) is 0 Å². The lowest BCUT2D eigenvalue weighted by atomic mass is 10.1. The topological polar surface area (TPSA) is 18.5 Å². The Bertz CT molecular complexity index is 259. The minimum absolute atomic E-state index is 0.0258. The summed E-state index contributed by atoms with van der Waals surface area (Å²) in [5, 5.41) is 0. The number of allylic oxidation sites excluding steroid dienone is 2. The number of alkyl halides is 1. The summed E-state index contributed by atoms with van der Waals surface area (Å²) < 4.78 is 11.8. The first kappa shape index (κ1) is 24.9. The van der Waals surface area contributed by atoms with Crippen LogP contribution in [-0.4, -0.2) is 25.4 Å². The Morgan fingerprint density at radius 3 is 1.76 bits per heavy atom. The lowest BCUT2D eigenvalue weighted by Gasteiger charge is -2.18. The minimum atomic E-state index is 0.0258. The van der Waals surface area contributed by atoms with E-state index in [0.29, 0.717) is 0 Å². The van der Waals surface area contributed by atoms with Gasteiger partial charge in [-0.15, -0.1) is 11.6 Å². The summed E-state index contributed by atoms with van der Waals surface area (Å²) in [6.07, 6.45) is 21.7. The fourth-order valence-corrected chi connectivity index (χ4v) is 2.81. The van der Waals surface area contributed by atoms with E-state index < -0.39 is 0 Å². The van der Waals surface area contributed by atoms with Crippen LogP contribution in [-0.2, 0) is 9.47 Å². The molecule has 0 radical (unpaired) electrons. The van der Waals surface area contributed by atoms with Gasteiger partial charge in [0.2, 0.25) is 0 Å². The maximum atomic E-state index is 5.89. The van der Waals surface area contributed by atoms with Crippen molar-refractivity contribution in [3.05, 3.63) is 12.2 Å². The summed E-state index contributed by atoms with van der Waals surface area (Å²) in [6, 6.07) is 0. The fourth-order valence-electron chi connectivity index (χ4n) is 2.69. The van der Waals surface area contributed by atoms with E-state index in [-0.39, 0.29) is 6.29 Å². The molecule has 0 fully saturated rings. The molecule has 0 heterocycles. The van der Waals surface area contributed by atoms with Gasteiger partial charge in [0.05, 0.1) is 0 Å². The SMILES string of the molecule is CCCCOC(CCCCCCCCC/C=C/CCCl)OCCCC. The molecule has 0 aliphatic carbocycles. The van der Waals surface area contributed by atoms with E-state index in [1.165, 1.54) is 64.2 Å². The van der Waals surface area contributed by atoms with Gasteiger partial charge in [0.25, 0.3) is 0 Å². The number of rotatable bonds is 20. The predicted molar refractivity (Wildman–Crippen MR) is 112 cm³/mol. The van der Waals surface area contributed by atoms with Gasteiger partial charge in [-0.25, -0.2) is 0 Å². The molecular weight excluding hydrogens is 332 g/mol. The molecule has 0 aromatic heterocycles. The normalized spacial score (nSPS) is 11.8. The van der Waals surface area contributed by atoms with Crippen molar-refractivity contribution in [3.63, 3.8) is 0 Å².